The zero-order valence-corrected chi connectivity index (χ0v) is 28.6. The van der Waals surface area contributed by atoms with Crippen molar-refractivity contribution in [3.8, 4) is 22.3 Å². The molecule has 0 saturated carbocycles. The van der Waals surface area contributed by atoms with E-state index in [9.17, 15) is 0 Å². The Morgan fingerprint density at radius 1 is 0.422 bits per heavy atom. The molecule has 215 valence electrons. The van der Waals surface area contributed by atoms with E-state index in [4.69, 9.17) is 0 Å². The maximum atomic E-state index is 2.50. The molecule has 0 bridgehead atoms. The molecule has 0 heterocycles. The van der Waals surface area contributed by atoms with Gasteiger partial charge in [0.05, 0.1) is 0 Å². The Morgan fingerprint density at radius 2 is 0.911 bits per heavy atom. The average molecular weight is 682 g/mol. The third-order valence-corrected chi connectivity index (χ3v) is 19.2. The normalized spacial score (nSPS) is 16.7. The van der Waals surface area contributed by atoms with Crippen LogP contribution in [-0.2, 0) is 0 Å². The van der Waals surface area contributed by atoms with E-state index in [1.807, 2.05) is 0 Å². The van der Waals surface area contributed by atoms with Gasteiger partial charge in [0, 0.05) is 0 Å². The molecule has 0 saturated heterocycles. The molecule has 0 spiro atoms. The van der Waals surface area contributed by atoms with Gasteiger partial charge in [0.25, 0.3) is 0 Å². The summed E-state index contributed by atoms with van der Waals surface area (Å²) in [6.07, 6.45) is 4.95. The second-order valence-electron chi connectivity index (χ2n) is 12.4. The first-order valence-corrected chi connectivity index (χ1v) is 20.4. The quantitative estimate of drug-likeness (QED) is 0.154. The third-order valence-electron chi connectivity index (χ3n) is 9.66. The number of rotatable bonds is 6. The van der Waals surface area contributed by atoms with Gasteiger partial charge >= 0.3 is 276 Å². The topological polar surface area (TPSA) is 0 Å². The van der Waals surface area contributed by atoms with Crippen molar-refractivity contribution in [1.29, 1.82) is 0 Å². The minimum atomic E-state index is -2.65. The monoisotopic (exact) mass is 683 g/mol. The van der Waals surface area contributed by atoms with E-state index in [-0.39, 0.29) is 5.92 Å². The van der Waals surface area contributed by atoms with Gasteiger partial charge < -0.3 is 0 Å². The maximum absolute atomic E-state index is 2.65. The average Bonchev–Trinajstić information content (AvgIpc) is 3.61. The van der Waals surface area contributed by atoms with Gasteiger partial charge in [-0.05, 0) is 0 Å². The van der Waals surface area contributed by atoms with Crippen LogP contribution in [-0.4, -0.2) is 19.8 Å². The molecule has 6 aromatic rings. The summed E-state index contributed by atoms with van der Waals surface area (Å²) in [5, 5.41) is 0. The van der Waals surface area contributed by atoms with Crippen molar-refractivity contribution in [2.75, 3.05) is 0 Å². The molecule has 2 aliphatic rings. The molecule has 8 rings (SSSR count). The summed E-state index contributed by atoms with van der Waals surface area (Å²) in [5.41, 5.74) is 15.4. The molecular weight excluding hydrogens is 647 g/mol. The van der Waals surface area contributed by atoms with E-state index in [1.54, 1.807) is 7.16 Å². The molecule has 45 heavy (non-hydrogen) atoms. The third kappa shape index (κ3) is 4.93. The minimum absolute atomic E-state index is 0.264. The van der Waals surface area contributed by atoms with Crippen molar-refractivity contribution in [3.63, 3.8) is 0 Å². The van der Waals surface area contributed by atoms with E-state index in [0.29, 0.717) is 3.93 Å². The molecule has 1 radical (unpaired) electrons. The number of hydrogen-bond donors (Lipinski definition) is 0. The second-order valence-corrected chi connectivity index (χ2v) is 19.6. The first-order valence-electron chi connectivity index (χ1n) is 15.9. The van der Waals surface area contributed by atoms with E-state index >= 15 is 0 Å². The van der Waals surface area contributed by atoms with Crippen LogP contribution < -0.4 is 7.16 Å². The summed E-state index contributed by atoms with van der Waals surface area (Å²) in [7, 11) is 0. The van der Waals surface area contributed by atoms with Crippen LogP contribution in [0.4, 0.5) is 0 Å². The first kappa shape index (κ1) is 28.1. The Labute approximate surface area is 274 Å². The van der Waals surface area contributed by atoms with E-state index in [1.165, 1.54) is 61.2 Å². The number of hydrogen-bond acceptors (Lipinski definition) is 0. The molecule has 2 aliphatic carbocycles. The summed E-state index contributed by atoms with van der Waals surface area (Å²) >= 11 is -2.65. The predicted octanol–water partition coefficient (Wildman–Crippen LogP) is 9.92. The van der Waals surface area contributed by atoms with Crippen LogP contribution in [0.1, 0.15) is 51.5 Å². The van der Waals surface area contributed by atoms with Gasteiger partial charge in [-0.15, -0.1) is 0 Å². The molecule has 2 atom stereocenters. The van der Waals surface area contributed by atoms with Crippen LogP contribution in [0, 0.1) is 0 Å². The summed E-state index contributed by atoms with van der Waals surface area (Å²) < 4.78 is 3.61. The van der Waals surface area contributed by atoms with Gasteiger partial charge in [-0.2, -0.15) is 0 Å². The second kappa shape index (κ2) is 11.8. The van der Waals surface area contributed by atoms with Gasteiger partial charge in [-0.1, -0.05) is 0 Å². The van der Waals surface area contributed by atoms with Gasteiger partial charge in [0.1, 0.15) is 0 Å². The standard InChI is InChI=1S/C22H17.C16H13.C6H5.Sn/c1-16-15-21-19(17-9-4-2-5-10-17)13-8-14-20(21)22(16)18-11-6-3-7-12-18;1-12-10-14-8-5-9-15(16(14)11-12)13-6-3-2-4-7-13;1-2-4-6-5-3-1;/h2-11,13-15,22H,1H3;2-11H,1H3;1-5H;. The van der Waals surface area contributed by atoms with Crippen LogP contribution in [0.15, 0.2) is 163 Å². The summed E-state index contributed by atoms with van der Waals surface area (Å²) in [4.78, 5) is 0. The van der Waals surface area contributed by atoms with Crippen LogP contribution in [0.3, 0.4) is 0 Å². The predicted molar refractivity (Wildman–Crippen MR) is 194 cm³/mol. The molecule has 0 amide bonds. The van der Waals surface area contributed by atoms with E-state index in [2.05, 4.69) is 178 Å². The SMILES string of the molecule is CC1=Cc2c(-c3ccccc3)cccc2C1c1cccc[c]1[Sn]([c]1ccccc1)[CH]1C(C)=Cc2c(-c3ccccc3)cccc21. The Morgan fingerprint density at radius 3 is 1.56 bits per heavy atom. The summed E-state index contributed by atoms with van der Waals surface area (Å²) in [6, 6.07) is 56.6. The number of benzene rings is 6. The van der Waals surface area contributed by atoms with E-state index < -0.39 is 19.8 Å². The summed E-state index contributed by atoms with van der Waals surface area (Å²) in [6.45, 7) is 4.72. The van der Waals surface area contributed by atoms with Crippen LogP contribution in [0.25, 0.3) is 34.4 Å². The van der Waals surface area contributed by atoms with Crippen molar-refractivity contribution in [2.24, 2.45) is 0 Å². The van der Waals surface area contributed by atoms with Crippen molar-refractivity contribution in [3.05, 3.63) is 191 Å². The molecule has 0 fully saturated rings. The molecule has 0 N–H and O–H groups in total. The van der Waals surface area contributed by atoms with Gasteiger partial charge in [0.2, 0.25) is 0 Å². The molecule has 6 aromatic carbocycles. The zero-order valence-electron chi connectivity index (χ0n) is 25.7. The summed E-state index contributed by atoms with van der Waals surface area (Å²) in [5.74, 6) is 0.264. The molecule has 0 nitrogen and oxygen atoms in total. The number of fused-ring (bicyclic) bond motifs is 2. The molecule has 2 unspecified atom stereocenters. The fourth-order valence-corrected chi connectivity index (χ4v) is 17.5. The van der Waals surface area contributed by atoms with Crippen LogP contribution >= 0.6 is 0 Å². The first-order chi connectivity index (χ1) is 22.2. The molecule has 0 aromatic heterocycles. The molecule has 1 heteroatoms. The van der Waals surface area contributed by atoms with Gasteiger partial charge in [-0.25, -0.2) is 0 Å². The van der Waals surface area contributed by atoms with Crippen molar-refractivity contribution in [2.45, 2.75) is 23.7 Å². The molecule has 0 aliphatic heterocycles. The Kier molecular flexibility index (Phi) is 7.39. The van der Waals surface area contributed by atoms with Crippen LogP contribution in [0.5, 0.6) is 0 Å². The number of allylic oxidation sites excluding steroid dienone is 2. The van der Waals surface area contributed by atoms with Crippen molar-refractivity contribution < 1.29 is 0 Å². The zero-order chi connectivity index (χ0) is 30.3. The van der Waals surface area contributed by atoms with Crippen molar-refractivity contribution >= 4 is 39.1 Å². The van der Waals surface area contributed by atoms with Gasteiger partial charge in [0.15, 0.2) is 0 Å². The van der Waals surface area contributed by atoms with E-state index in [0.717, 1.165) is 0 Å². The Bertz CT molecular complexity index is 2070. The van der Waals surface area contributed by atoms with Crippen molar-refractivity contribution in [1.82, 2.24) is 0 Å². The fourth-order valence-electron chi connectivity index (χ4n) is 7.73. The Hall–Kier alpha value is -4.40. The van der Waals surface area contributed by atoms with Crippen LogP contribution in [0.2, 0.25) is 0 Å². The van der Waals surface area contributed by atoms with Gasteiger partial charge in [-0.3, -0.25) is 0 Å². The Balaban J connectivity index is 1.30. The fraction of sp³-hybridized carbons (Fsp3) is 0.0909. The molecular formula is C44H35Sn.